The van der Waals surface area contributed by atoms with E-state index in [2.05, 4.69) is 5.32 Å². The van der Waals surface area contributed by atoms with Crippen molar-refractivity contribution < 1.29 is 22.8 Å². The van der Waals surface area contributed by atoms with Crippen LogP contribution in [0.3, 0.4) is 0 Å². The smallest absolute Gasteiger partial charge is 0.245 e. The third-order valence-electron chi connectivity index (χ3n) is 5.96. The van der Waals surface area contributed by atoms with Gasteiger partial charge in [0.25, 0.3) is 0 Å². The maximum absolute atomic E-state index is 13.9. The Hall–Kier alpha value is -2.09. The lowest BCUT2D eigenvalue weighted by molar-refractivity contribution is -0.140. The summed E-state index contributed by atoms with van der Waals surface area (Å²) in [4.78, 5) is 25.8. The topological polar surface area (TPSA) is 75.4 Å². The highest BCUT2D eigenvalue weighted by Gasteiger charge is 2.45. The lowest BCUT2D eigenvalue weighted by atomic mass is 9.82. The monoisotopic (exact) mass is 397 g/mol. The molecule has 2 aliphatic heterocycles. The van der Waals surface area contributed by atoms with Gasteiger partial charge in [-0.2, -0.15) is 0 Å². The van der Waals surface area contributed by atoms with Crippen molar-refractivity contribution in [3.05, 3.63) is 35.1 Å². The predicted octanol–water partition coefficient (Wildman–Crippen LogP) is 2.27. The number of hydrogen-bond donors (Lipinski definition) is 2. The number of nitrogens with one attached hydrogen (secondary N) is 1. The van der Waals surface area contributed by atoms with E-state index in [1.165, 1.54) is 6.92 Å². The number of carbonyl (C=O) groups excluding carboxylic acids is 2. The van der Waals surface area contributed by atoms with E-state index in [1.54, 1.807) is 6.92 Å². The number of benzene rings is 1. The molecule has 2 aliphatic rings. The van der Waals surface area contributed by atoms with Gasteiger partial charge in [0.2, 0.25) is 11.8 Å². The van der Waals surface area contributed by atoms with Gasteiger partial charge >= 0.3 is 0 Å². The first-order valence-corrected chi connectivity index (χ1v) is 9.65. The predicted molar refractivity (Wildman–Crippen MR) is 97.7 cm³/mol. The second-order valence-corrected chi connectivity index (χ2v) is 8.01. The van der Waals surface area contributed by atoms with E-state index in [-0.39, 0.29) is 41.8 Å². The van der Waals surface area contributed by atoms with Crippen molar-refractivity contribution in [2.45, 2.75) is 70.1 Å². The minimum absolute atomic E-state index is 0.0355. The molecule has 154 valence electrons. The highest BCUT2D eigenvalue weighted by Crippen LogP contribution is 2.40. The van der Waals surface area contributed by atoms with Gasteiger partial charge in [0.05, 0.1) is 0 Å². The molecule has 2 unspecified atom stereocenters. The van der Waals surface area contributed by atoms with Crippen LogP contribution in [-0.4, -0.2) is 40.9 Å². The van der Waals surface area contributed by atoms with E-state index < -0.39 is 29.5 Å². The fourth-order valence-electron chi connectivity index (χ4n) is 4.66. The van der Waals surface area contributed by atoms with Gasteiger partial charge in [-0.3, -0.25) is 9.59 Å². The van der Waals surface area contributed by atoms with E-state index in [0.29, 0.717) is 18.9 Å². The first-order valence-electron chi connectivity index (χ1n) is 9.65. The summed E-state index contributed by atoms with van der Waals surface area (Å²) < 4.78 is 40.5. The van der Waals surface area contributed by atoms with Gasteiger partial charge in [0.1, 0.15) is 11.9 Å². The Labute approximate surface area is 162 Å². The third kappa shape index (κ3) is 4.16. The number of nitrogens with two attached hydrogens (primary N) is 1. The molecular weight excluding hydrogens is 371 g/mol. The van der Waals surface area contributed by atoms with Gasteiger partial charge in [0.15, 0.2) is 11.6 Å². The fraction of sp³-hybridized carbons (Fsp3) is 0.600. The summed E-state index contributed by atoms with van der Waals surface area (Å²) >= 11 is 0. The summed E-state index contributed by atoms with van der Waals surface area (Å²) in [6, 6.07) is 0.495. The van der Waals surface area contributed by atoms with Crippen molar-refractivity contribution >= 4 is 11.8 Å². The first kappa shape index (κ1) is 20.6. The number of rotatable bonds is 5. The number of fused-ring (bicyclic) bond motifs is 2. The van der Waals surface area contributed by atoms with Gasteiger partial charge in [-0.1, -0.05) is 0 Å². The highest BCUT2D eigenvalue weighted by atomic mass is 19.2. The van der Waals surface area contributed by atoms with Crippen molar-refractivity contribution in [2.75, 3.05) is 0 Å². The van der Waals surface area contributed by atoms with Gasteiger partial charge in [-0.15, -0.1) is 0 Å². The molecule has 2 amide bonds. The summed E-state index contributed by atoms with van der Waals surface area (Å²) in [5.41, 5.74) is 6.36. The molecule has 0 radical (unpaired) electrons. The van der Waals surface area contributed by atoms with Crippen molar-refractivity contribution in [2.24, 2.45) is 11.7 Å². The zero-order valence-electron chi connectivity index (χ0n) is 16.1. The summed E-state index contributed by atoms with van der Waals surface area (Å²) in [7, 11) is 0. The Morgan fingerprint density at radius 2 is 1.71 bits per heavy atom. The van der Waals surface area contributed by atoms with Crippen LogP contribution in [-0.2, 0) is 16.0 Å². The Kier molecular flexibility index (Phi) is 5.98. The molecule has 2 bridgehead atoms. The van der Waals surface area contributed by atoms with Crippen LogP contribution in [0.4, 0.5) is 13.2 Å². The highest BCUT2D eigenvalue weighted by molar-refractivity contribution is 5.87. The SMILES string of the molecule is CC(=O)N[C@@H](C)C(=O)N1C2CCC1CC([C@H](N)Cc1cc(F)c(F)cc1F)C2. The molecule has 0 aromatic heterocycles. The molecule has 0 saturated carbocycles. The van der Waals surface area contributed by atoms with Crippen molar-refractivity contribution in [1.82, 2.24) is 10.2 Å². The number of carbonyl (C=O) groups is 2. The molecule has 2 fully saturated rings. The zero-order valence-corrected chi connectivity index (χ0v) is 16.1. The minimum Gasteiger partial charge on any atom is -0.345 e. The van der Waals surface area contributed by atoms with Crippen molar-refractivity contribution in [3.8, 4) is 0 Å². The number of hydrogen-bond acceptors (Lipinski definition) is 3. The molecule has 1 aromatic rings. The van der Waals surface area contributed by atoms with Crippen LogP contribution in [0, 0.1) is 23.4 Å². The molecular formula is C20H26F3N3O2. The Balaban J connectivity index is 1.66. The quantitative estimate of drug-likeness (QED) is 0.749. The van der Waals surface area contributed by atoms with Crippen molar-refractivity contribution in [1.29, 1.82) is 0 Å². The number of halogens is 3. The summed E-state index contributed by atoms with van der Waals surface area (Å²) in [5.74, 6) is -3.39. The minimum atomic E-state index is -1.21. The van der Waals surface area contributed by atoms with E-state index in [0.717, 1.165) is 18.9 Å². The third-order valence-corrected chi connectivity index (χ3v) is 5.96. The molecule has 0 aliphatic carbocycles. The molecule has 28 heavy (non-hydrogen) atoms. The average Bonchev–Trinajstić information content (AvgIpc) is 2.87. The second-order valence-electron chi connectivity index (χ2n) is 8.01. The summed E-state index contributed by atoms with van der Waals surface area (Å²) in [5, 5.41) is 2.63. The standard InChI is InChI=1S/C20H26F3N3O2/c1-10(25-11(2)27)20(28)26-14-3-4-15(26)6-13(5-14)19(24)8-12-7-17(22)18(23)9-16(12)21/h7,9-10,13-15,19H,3-6,8,24H2,1-2H3,(H,25,27)/t10-,13?,14?,15?,19+/m0/s1. The van der Waals surface area contributed by atoms with Crippen LogP contribution in [0.15, 0.2) is 12.1 Å². The maximum atomic E-state index is 13.9. The van der Waals surface area contributed by atoms with Gasteiger partial charge in [0, 0.05) is 31.1 Å². The van der Waals surface area contributed by atoms with Crippen LogP contribution >= 0.6 is 0 Å². The van der Waals surface area contributed by atoms with Crippen LogP contribution in [0.25, 0.3) is 0 Å². The van der Waals surface area contributed by atoms with Gasteiger partial charge in [-0.25, -0.2) is 13.2 Å². The van der Waals surface area contributed by atoms with E-state index >= 15 is 0 Å². The van der Waals surface area contributed by atoms with E-state index in [4.69, 9.17) is 5.73 Å². The lowest BCUT2D eigenvalue weighted by Crippen LogP contribution is -2.55. The Morgan fingerprint density at radius 1 is 1.14 bits per heavy atom. The molecule has 2 saturated heterocycles. The second kappa shape index (κ2) is 8.11. The van der Waals surface area contributed by atoms with E-state index in [9.17, 15) is 22.8 Å². The number of nitrogens with zero attached hydrogens (tertiary/aromatic N) is 1. The molecule has 3 rings (SSSR count). The van der Waals surface area contributed by atoms with Gasteiger partial charge < -0.3 is 16.0 Å². The molecule has 0 spiro atoms. The maximum Gasteiger partial charge on any atom is 0.245 e. The lowest BCUT2D eigenvalue weighted by Gasteiger charge is -2.42. The van der Waals surface area contributed by atoms with Crippen LogP contribution in [0.1, 0.15) is 45.1 Å². The van der Waals surface area contributed by atoms with Crippen LogP contribution < -0.4 is 11.1 Å². The Bertz CT molecular complexity index is 759. The normalized spacial score (nSPS) is 26.1. The Morgan fingerprint density at radius 3 is 2.29 bits per heavy atom. The zero-order chi connectivity index (χ0) is 20.6. The summed E-state index contributed by atoms with van der Waals surface area (Å²) in [6.45, 7) is 3.05. The largest absolute Gasteiger partial charge is 0.345 e. The molecule has 2 heterocycles. The van der Waals surface area contributed by atoms with E-state index in [1.807, 2.05) is 4.90 Å². The molecule has 5 nitrogen and oxygen atoms in total. The number of amides is 2. The molecule has 4 atom stereocenters. The molecule has 3 N–H and O–H groups in total. The first-order chi connectivity index (χ1) is 13.2. The van der Waals surface area contributed by atoms with Crippen LogP contribution in [0.5, 0.6) is 0 Å². The fourth-order valence-corrected chi connectivity index (χ4v) is 4.66. The average molecular weight is 397 g/mol. The number of piperidine rings is 1. The van der Waals surface area contributed by atoms with Gasteiger partial charge in [-0.05, 0) is 56.6 Å². The summed E-state index contributed by atoms with van der Waals surface area (Å²) in [6.07, 6.45) is 3.21. The van der Waals surface area contributed by atoms with Crippen LogP contribution in [0.2, 0.25) is 0 Å². The molecule has 1 aromatic carbocycles. The van der Waals surface area contributed by atoms with Crippen molar-refractivity contribution in [3.63, 3.8) is 0 Å². The molecule has 8 heteroatoms.